The number of esters is 1. The van der Waals surface area contributed by atoms with Gasteiger partial charge in [-0.2, -0.15) is 0 Å². The van der Waals surface area contributed by atoms with E-state index in [2.05, 4.69) is 25.7 Å². The molecule has 1 aromatic heterocycles. The summed E-state index contributed by atoms with van der Waals surface area (Å²) in [6.07, 6.45) is 4.45. The summed E-state index contributed by atoms with van der Waals surface area (Å²) in [5, 5.41) is 0. The molecule has 0 radical (unpaired) electrons. The van der Waals surface area contributed by atoms with E-state index in [1.807, 2.05) is 0 Å². The Balaban J connectivity index is 2.87. The lowest BCUT2D eigenvalue weighted by atomic mass is 10.3. The molecule has 1 aromatic rings. The molecule has 0 spiro atoms. The number of methoxy groups -OCH3 is 1. The molecule has 0 aromatic carbocycles. The van der Waals surface area contributed by atoms with Crippen LogP contribution in [0.5, 0.6) is 0 Å². The first-order chi connectivity index (χ1) is 7.56. The Labute approximate surface area is 101 Å². The zero-order chi connectivity index (χ0) is 12.1. The average Bonchev–Trinajstić information content (AvgIpc) is 2.29. The van der Waals surface area contributed by atoms with Crippen LogP contribution in [0.4, 0.5) is 0 Å². The molecule has 0 bridgehead atoms. The van der Waals surface area contributed by atoms with Crippen molar-refractivity contribution >= 4 is 21.9 Å². The topological polar surface area (TPSA) is 61.2 Å². The van der Waals surface area contributed by atoms with Gasteiger partial charge < -0.3 is 4.74 Å². The molecule has 0 amide bonds. The minimum absolute atomic E-state index is 0.191. The molecule has 0 unspecified atom stereocenters. The highest BCUT2D eigenvalue weighted by molar-refractivity contribution is 9.10. The SMILES string of the molecule is COC(=O)C(C)=CCn1cncc(Br)c1=O. The van der Waals surface area contributed by atoms with Gasteiger partial charge in [0.2, 0.25) is 0 Å². The maximum Gasteiger partial charge on any atom is 0.333 e. The minimum atomic E-state index is -0.406. The molecule has 1 rings (SSSR count). The van der Waals surface area contributed by atoms with E-state index in [0.717, 1.165) is 0 Å². The van der Waals surface area contributed by atoms with Crippen LogP contribution in [0.15, 0.2) is 33.4 Å². The molecule has 86 valence electrons. The maximum absolute atomic E-state index is 11.6. The summed E-state index contributed by atoms with van der Waals surface area (Å²) in [5.74, 6) is -0.406. The van der Waals surface area contributed by atoms with Crippen molar-refractivity contribution in [3.05, 3.63) is 39.0 Å². The number of carbonyl (C=O) groups is 1. The number of aromatic nitrogens is 2. The number of carbonyl (C=O) groups excluding carboxylic acids is 1. The first-order valence-corrected chi connectivity index (χ1v) is 5.30. The van der Waals surface area contributed by atoms with Crippen LogP contribution >= 0.6 is 15.9 Å². The Morgan fingerprint density at radius 2 is 2.38 bits per heavy atom. The number of nitrogens with zero attached hydrogens (tertiary/aromatic N) is 2. The van der Waals surface area contributed by atoms with Gasteiger partial charge in [-0.05, 0) is 22.9 Å². The van der Waals surface area contributed by atoms with Crippen molar-refractivity contribution in [2.75, 3.05) is 7.11 Å². The van der Waals surface area contributed by atoms with Gasteiger partial charge in [-0.15, -0.1) is 0 Å². The molecule has 0 atom stereocenters. The fourth-order valence-corrected chi connectivity index (χ4v) is 1.38. The third-order valence-electron chi connectivity index (χ3n) is 1.96. The summed E-state index contributed by atoms with van der Waals surface area (Å²) in [5.41, 5.74) is 0.262. The molecule has 0 aliphatic carbocycles. The van der Waals surface area contributed by atoms with Crippen molar-refractivity contribution < 1.29 is 9.53 Å². The van der Waals surface area contributed by atoms with E-state index in [-0.39, 0.29) is 12.1 Å². The van der Waals surface area contributed by atoms with Gasteiger partial charge in [0, 0.05) is 18.3 Å². The smallest absolute Gasteiger partial charge is 0.333 e. The molecule has 0 fully saturated rings. The van der Waals surface area contributed by atoms with E-state index in [0.29, 0.717) is 10.0 Å². The highest BCUT2D eigenvalue weighted by Gasteiger charge is 2.03. The standard InChI is InChI=1S/C10H11BrN2O3/c1-7(10(15)16-2)3-4-13-6-12-5-8(11)9(13)14/h3,5-6H,4H2,1-2H3. The van der Waals surface area contributed by atoms with Gasteiger partial charge in [-0.3, -0.25) is 9.36 Å². The van der Waals surface area contributed by atoms with Crippen LogP contribution in [0, 0.1) is 0 Å². The number of halogens is 1. The van der Waals surface area contributed by atoms with E-state index >= 15 is 0 Å². The lowest BCUT2D eigenvalue weighted by molar-refractivity contribution is -0.136. The van der Waals surface area contributed by atoms with Crippen molar-refractivity contribution in [2.24, 2.45) is 0 Å². The fourth-order valence-electron chi connectivity index (χ4n) is 1.03. The molecule has 1 heterocycles. The minimum Gasteiger partial charge on any atom is -0.466 e. The number of hydrogen-bond acceptors (Lipinski definition) is 4. The quantitative estimate of drug-likeness (QED) is 0.617. The second kappa shape index (κ2) is 5.60. The summed E-state index contributed by atoms with van der Waals surface area (Å²) < 4.78 is 6.31. The predicted octanol–water partition coefficient (Wildman–Crippen LogP) is 1.13. The van der Waals surface area contributed by atoms with Gasteiger partial charge in [0.05, 0.1) is 13.4 Å². The van der Waals surface area contributed by atoms with Gasteiger partial charge in [0.1, 0.15) is 4.47 Å². The molecule has 0 N–H and O–H groups in total. The van der Waals surface area contributed by atoms with Gasteiger partial charge in [0.15, 0.2) is 0 Å². The molecule has 0 aliphatic rings. The van der Waals surface area contributed by atoms with E-state index in [9.17, 15) is 9.59 Å². The lowest BCUT2D eigenvalue weighted by Crippen LogP contribution is -2.20. The Morgan fingerprint density at radius 3 is 3.00 bits per heavy atom. The first-order valence-electron chi connectivity index (χ1n) is 4.51. The van der Waals surface area contributed by atoms with Crippen LogP contribution in [-0.4, -0.2) is 22.6 Å². The van der Waals surface area contributed by atoms with Gasteiger partial charge in [0.25, 0.3) is 5.56 Å². The second-order valence-electron chi connectivity index (χ2n) is 3.08. The molecule has 0 saturated carbocycles. The average molecular weight is 287 g/mol. The van der Waals surface area contributed by atoms with Crippen LogP contribution in [0.1, 0.15) is 6.92 Å². The molecular formula is C10H11BrN2O3. The van der Waals surface area contributed by atoms with E-state index in [4.69, 9.17) is 0 Å². The second-order valence-corrected chi connectivity index (χ2v) is 3.93. The normalized spacial score (nSPS) is 11.3. The Hall–Kier alpha value is -1.43. The summed E-state index contributed by atoms with van der Waals surface area (Å²) in [6.45, 7) is 1.91. The van der Waals surface area contributed by atoms with E-state index in [1.165, 1.54) is 24.2 Å². The van der Waals surface area contributed by atoms with Crippen LogP contribution in [0.25, 0.3) is 0 Å². The van der Waals surface area contributed by atoms with Crippen molar-refractivity contribution in [3.63, 3.8) is 0 Å². The molecule has 16 heavy (non-hydrogen) atoms. The Kier molecular flexibility index (Phi) is 4.42. The van der Waals surface area contributed by atoms with Gasteiger partial charge in [-0.1, -0.05) is 6.08 Å². The predicted molar refractivity (Wildman–Crippen MR) is 62.0 cm³/mol. The summed E-state index contributed by atoms with van der Waals surface area (Å²) in [4.78, 5) is 26.5. The monoisotopic (exact) mass is 286 g/mol. The zero-order valence-corrected chi connectivity index (χ0v) is 10.5. The molecule has 6 heteroatoms. The van der Waals surface area contributed by atoms with Crippen LogP contribution < -0.4 is 5.56 Å². The van der Waals surface area contributed by atoms with Crippen molar-refractivity contribution in [2.45, 2.75) is 13.5 Å². The van der Waals surface area contributed by atoms with Crippen molar-refractivity contribution in [3.8, 4) is 0 Å². The third kappa shape index (κ3) is 3.03. The highest BCUT2D eigenvalue weighted by atomic mass is 79.9. The number of ether oxygens (including phenoxy) is 1. The Morgan fingerprint density at radius 1 is 1.69 bits per heavy atom. The van der Waals surface area contributed by atoms with Crippen molar-refractivity contribution in [1.82, 2.24) is 9.55 Å². The number of rotatable bonds is 3. The fraction of sp³-hybridized carbons (Fsp3) is 0.300. The molecule has 5 nitrogen and oxygen atoms in total. The summed E-state index contributed by atoms with van der Waals surface area (Å²) in [6, 6.07) is 0. The van der Waals surface area contributed by atoms with E-state index < -0.39 is 5.97 Å². The summed E-state index contributed by atoms with van der Waals surface area (Å²) >= 11 is 3.09. The largest absolute Gasteiger partial charge is 0.466 e. The molecule has 0 aliphatic heterocycles. The Bertz CT molecular complexity index is 479. The highest BCUT2D eigenvalue weighted by Crippen LogP contribution is 2.00. The van der Waals surface area contributed by atoms with Gasteiger partial charge >= 0.3 is 5.97 Å². The molecular weight excluding hydrogens is 276 g/mol. The van der Waals surface area contributed by atoms with Crippen LogP contribution in [-0.2, 0) is 16.1 Å². The van der Waals surface area contributed by atoms with Crippen LogP contribution in [0.2, 0.25) is 0 Å². The lowest BCUT2D eigenvalue weighted by Gasteiger charge is -2.02. The molecule has 0 saturated heterocycles. The zero-order valence-electron chi connectivity index (χ0n) is 8.94. The number of hydrogen-bond donors (Lipinski definition) is 0. The van der Waals surface area contributed by atoms with Gasteiger partial charge in [-0.25, -0.2) is 9.78 Å². The number of allylic oxidation sites excluding steroid dienone is 1. The third-order valence-corrected chi connectivity index (χ3v) is 2.50. The van der Waals surface area contributed by atoms with E-state index in [1.54, 1.807) is 13.0 Å². The summed E-state index contributed by atoms with van der Waals surface area (Å²) in [7, 11) is 1.31. The van der Waals surface area contributed by atoms with Crippen molar-refractivity contribution in [1.29, 1.82) is 0 Å². The first kappa shape index (κ1) is 12.6. The van der Waals surface area contributed by atoms with Crippen LogP contribution in [0.3, 0.4) is 0 Å². The maximum atomic E-state index is 11.6.